The van der Waals surface area contributed by atoms with E-state index in [1.165, 1.54) is 50.6 Å². The molecule has 1 aliphatic rings. The molecule has 1 fully saturated rings. The molecule has 2 aromatic carbocycles. The molecule has 3 rings (SSSR count). The summed E-state index contributed by atoms with van der Waals surface area (Å²) in [6, 6.07) is 9.51. The standard InChI is InChI=1S/C19H21FN2O5S/c1-26-17-10-9-14(11-18(17)27-2)28(24,25)22(12-19(23)21-13-7-8-13)16-6-4-3-5-15(16)20/h3-6,9-11,13H,7-8,12H2,1-2H3,(H,21,23). The van der Waals surface area contributed by atoms with Crippen LogP contribution in [0.5, 0.6) is 11.5 Å². The molecule has 0 heterocycles. The van der Waals surface area contributed by atoms with E-state index < -0.39 is 28.3 Å². The van der Waals surface area contributed by atoms with Crippen LogP contribution in [0.25, 0.3) is 0 Å². The number of anilines is 1. The highest BCUT2D eigenvalue weighted by Crippen LogP contribution is 2.33. The summed E-state index contributed by atoms with van der Waals surface area (Å²) in [6.45, 7) is -0.534. The molecule has 28 heavy (non-hydrogen) atoms. The van der Waals surface area contributed by atoms with Crippen LogP contribution in [0.2, 0.25) is 0 Å². The number of carbonyl (C=O) groups excluding carboxylic acids is 1. The van der Waals surface area contributed by atoms with Gasteiger partial charge < -0.3 is 14.8 Å². The van der Waals surface area contributed by atoms with E-state index >= 15 is 0 Å². The zero-order valence-electron chi connectivity index (χ0n) is 15.5. The van der Waals surface area contributed by atoms with E-state index in [-0.39, 0.29) is 22.4 Å². The molecule has 0 radical (unpaired) electrons. The van der Waals surface area contributed by atoms with Crippen molar-refractivity contribution in [3.8, 4) is 11.5 Å². The number of para-hydroxylation sites is 1. The van der Waals surface area contributed by atoms with Gasteiger partial charge in [-0.05, 0) is 37.1 Å². The number of sulfonamides is 1. The van der Waals surface area contributed by atoms with E-state index in [1.807, 2.05) is 0 Å². The summed E-state index contributed by atoms with van der Waals surface area (Å²) in [5, 5.41) is 2.73. The summed E-state index contributed by atoms with van der Waals surface area (Å²) in [4.78, 5) is 12.2. The Balaban J connectivity index is 2.02. The first kappa shape index (κ1) is 19.9. The van der Waals surface area contributed by atoms with E-state index in [4.69, 9.17) is 9.47 Å². The molecule has 0 atom stereocenters. The molecule has 0 spiro atoms. The van der Waals surface area contributed by atoms with Gasteiger partial charge in [-0.15, -0.1) is 0 Å². The average molecular weight is 408 g/mol. The van der Waals surface area contributed by atoms with E-state index in [2.05, 4.69) is 5.32 Å². The van der Waals surface area contributed by atoms with Crippen molar-refractivity contribution in [2.75, 3.05) is 25.1 Å². The third kappa shape index (κ3) is 4.19. The van der Waals surface area contributed by atoms with Crippen LogP contribution in [0.4, 0.5) is 10.1 Å². The number of rotatable bonds is 8. The van der Waals surface area contributed by atoms with Crippen LogP contribution in [0.3, 0.4) is 0 Å². The van der Waals surface area contributed by atoms with E-state index in [9.17, 15) is 17.6 Å². The van der Waals surface area contributed by atoms with Gasteiger partial charge in [-0.1, -0.05) is 12.1 Å². The van der Waals surface area contributed by atoms with Gasteiger partial charge in [0.25, 0.3) is 10.0 Å². The van der Waals surface area contributed by atoms with Gasteiger partial charge in [0.2, 0.25) is 5.91 Å². The Kier molecular flexibility index (Phi) is 5.73. The molecule has 1 aliphatic carbocycles. The smallest absolute Gasteiger partial charge is 0.265 e. The van der Waals surface area contributed by atoms with Crippen molar-refractivity contribution in [3.63, 3.8) is 0 Å². The molecule has 1 saturated carbocycles. The van der Waals surface area contributed by atoms with Crippen molar-refractivity contribution < 1.29 is 27.1 Å². The van der Waals surface area contributed by atoms with Gasteiger partial charge in [-0.25, -0.2) is 12.8 Å². The molecule has 150 valence electrons. The van der Waals surface area contributed by atoms with Crippen LogP contribution >= 0.6 is 0 Å². The largest absolute Gasteiger partial charge is 0.493 e. The fourth-order valence-corrected chi connectivity index (χ4v) is 4.13. The van der Waals surface area contributed by atoms with Crippen molar-refractivity contribution in [2.24, 2.45) is 0 Å². The molecule has 0 unspecified atom stereocenters. The molecular weight excluding hydrogens is 387 g/mol. The summed E-state index contributed by atoms with van der Waals surface area (Å²) in [7, 11) is -1.44. The Labute approximate surface area is 163 Å². The maximum Gasteiger partial charge on any atom is 0.265 e. The fourth-order valence-electron chi connectivity index (χ4n) is 2.69. The first-order valence-corrected chi connectivity index (χ1v) is 10.1. The monoisotopic (exact) mass is 408 g/mol. The Morgan fingerprint density at radius 3 is 2.43 bits per heavy atom. The number of nitrogens with one attached hydrogen (secondary N) is 1. The predicted octanol–water partition coefficient (Wildman–Crippen LogP) is 2.32. The first-order chi connectivity index (χ1) is 13.4. The van der Waals surface area contributed by atoms with Gasteiger partial charge in [0.1, 0.15) is 12.4 Å². The van der Waals surface area contributed by atoms with Gasteiger partial charge in [0.05, 0.1) is 24.8 Å². The summed E-state index contributed by atoms with van der Waals surface area (Å²) in [6.07, 6.45) is 1.71. The van der Waals surface area contributed by atoms with Gasteiger partial charge in [0, 0.05) is 12.1 Å². The third-order valence-corrected chi connectivity index (χ3v) is 6.05. The molecule has 0 aliphatic heterocycles. The normalized spacial score (nSPS) is 13.7. The number of ether oxygens (including phenoxy) is 2. The third-order valence-electron chi connectivity index (χ3n) is 4.29. The van der Waals surface area contributed by atoms with Crippen LogP contribution in [-0.2, 0) is 14.8 Å². The molecule has 2 aromatic rings. The van der Waals surface area contributed by atoms with Crippen LogP contribution in [0.1, 0.15) is 12.8 Å². The minimum atomic E-state index is -4.25. The summed E-state index contributed by atoms with van der Waals surface area (Å²) >= 11 is 0. The van der Waals surface area contributed by atoms with Crippen LogP contribution in [0, 0.1) is 5.82 Å². The lowest BCUT2D eigenvalue weighted by Crippen LogP contribution is -2.42. The molecule has 9 heteroatoms. The lowest BCUT2D eigenvalue weighted by atomic mass is 10.3. The number of methoxy groups -OCH3 is 2. The fraction of sp³-hybridized carbons (Fsp3) is 0.316. The van der Waals surface area contributed by atoms with E-state index in [0.717, 1.165) is 23.2 Å². The van der Waals surface area contributed by atoms with Crippen molar-refractivity contribution in [3.05, 3.63) is 48.3 Å². The minimum Gasteiger partial charge on any atom is -0.493 e. The molecule has 0 saturated heterocycles. The highest BCUT2D eigenvalue weighted by atomic mass is 32.2. The molecule has 0 aromatic heterocycles. The minimum absolute atomic E-state index is 0.0544. The number of halogens is 1. The van der Waals surface area contributed by atoms with Crippen LogP contribution < -0.4 is 19.1 Å². The molecule has 0 bridgehead atoms. The maximum atomic E-state index is 14.4. The van der Waals surface area contributed by atoms with Gasteiger partial charge >= 0.3 is 0 Å². The summed E-state index contributed by atoms with van der Waals surface area (Å²) in [5.74, 6) is -0.676. The highest BCUT2D eigenvalue weighted by Gasteiger charge is 2.31. The number of benzene rings is 2. The number of hydrogen-bond acceptors (Lipinski definition) is 5. The van der Waals surface area contributed by atoms with Crippen molar-refractivity contribution >= 4 is 21.6 Å². The molecule has 1 N–H and O–H groups in total. The molecular formula is C19H21FN2O5S. The topological polar surface area (TPSA) is 84.9 Å². The Morgan fingerprint density at radius 1 is 1.14 bits per heavy atom. The number of hydrogen-bond donors (Lipinski definition) is 1. The molecule has 1 amide bonds. The van der Waals surface area contributed by atoms with Crippen molar-refractivity contribution in [1.82, 2.24) is 5.32 Å². The average Bonchev–Trinajstić information content (AvgIpc) is 3.50. The van der Waals surface area contributed by atoms with Crippen molar-refractivity contribution in [2.45, 2.75) is 23.8 Å². The second-order valence-electron chi connectivity index (χ2n) is 6.32. The lowest BCUT2D eigenvalue weighted by Gasteiger charge is -2.24. The number of carbonyl (C=O) groups is 1. The first-order valence-electron chi connectivity index (χ1n) is 8.65. The zero-order valence-corrected chi connectivity index (χ0v) is 16.3. The van der Waals surface area contributed by atoms with Gasteiger partial charge in [-0.2, -0.15) is 0 Å². The van der Waals surface area contributed by atoms with Crippen LogP contribution in [0.15, 0.2) is 47.4 Å². The Hall–Kier alpha value is -2.81. The molecule has 7 nitrogen and oxygen atoms in total. The zero-order chi connectivity index (χ0) is 20.3. The number of nitrogens with zero attached hydrogens (tertiary/aromatic N) is 1. The van der Waals surface area contributed by atoms with E-state index in [0.29, 0.717) is 5.75 Å². The second kappa shape index (κ2) is 8.05. The Bertz CT molecular complexity index is 976. The lowest BCUT2D eigenvalue weighted by molar-refractivity contribution is -0.119. The summed E-state index contributed by atoms with van der Waals surface area (Å²) < 4.78 is 52.0. The van der Waals surface area contributed by atoms with E-state index in [1.54, 1.807) is 0 Å². The number of amides is 1. The van der Waals surface area contributed by atoms with Gasteiger partial charge in [-0.3, -0.25) is 9.10 Å². The second-order valence-corrected chi connectivity index (χ2v) is 8.18. The predicted molar refractivity (Wildman–Crippen MR) is 102 cm³/mol. The quantitative estimate of drug-likeness (QED) is 0.725. The summed E-state index contributed by atoms with van der Waals surface area (Å²) in [5.41, 5.74) is -0.205. The van der Waals surface area contributed by atoms with Crippen LogP contribution in [-0.4, -0.2) is 41.1 Å². The van der Waals surface area contributed by atoms with Crippen molar-refractivity contribution in [1.29, 1.82) is 0 Å². The Morgan fingerprint density at radius 2 is 1.82 bits per heavy atom. The highest BCUT2D eigenvalue weighted by molar-refractivity contribution is 7.92. The SMILES string of the molecule is COc1ccc(S(=O)(=O)N(CC(=O)NC2CC2)c2ccccc2F)cc1OC. The van der Waals surface area contributed by atoms with Gasteiger partial charge in [0.15, 0.2) is 11.5 Å². The maximum absolute atomic E-state index is 14.4.